The van der Waals surface area contributed by atoms with E-state index in [9.17, 15) is 19.7 Å². The van der Waals surface area contributed by atoms with Crippen LogP contribution in [0.3, 0.4) is 0 Å². The van der Waals surface area contributed by atoms with Crippen LogP contribution < -0.4 is 4.74 Å². The topological polar surface area (TPSA) is 138 Å². The summed E-state index contributed by atoms with van der Waals surface area (Å²) in [4.78, 5) is 41.6. The van der Waals surface area contributed by atoms with Crippen LogP contribution in [-0.4, -0.2) is 54.6 Å². The summed E-state index contributed by atoms with van der Waals surface area (Å²) in [6.45, 7) is 4.04. The molecule has 0 saturated heterocycles. The van der Waals surface area contributed by atoms with E-state index in [0.717, 1.165) is 12.0 Å². The molecule has 1 N–H and O–H groups in total. The number of nitro benzene ring substituents is 1. The van der Waals surface area contributed by atoms with E-state index in [4.69, 9.17) is 19.3 Å². The fourth-order valence-electron chi connectivity index (χ4n) is 4.62. The summed E-state index contributed by atoms with van der Waals surface area (Å²) >= 11 is 0. The molecule has 0 spiro atoms. The molecular weight excluding hydrogens is 504 g/mol. The Kier molecular flexibility index (Phi) is 10.7. The quantitative estimate of drug-likeness (QED) is 0.170. The normalized spacial score (nSPS) is 16.9. The number of ether oxygens (including phenoxy) is 3. The minimum absolute atomic E-state index is 0.0685. The Labute approximate surface area is 227 Å². The van der Waals surface area contributed by atoms with E-state index in [1.807, 2.05) is 31.2 Å². The molecule has 10 nitrogen and oxygen atoms in total. The lowest BCUT2D eigenvalue weighted by atomic mass is 9.74. The summed E-state index contributed by atoms with van der Waals surface area (Å²) in [6.07, 6.45) is 2.36. The SMILES string of the molecule is CCC1=NC(C)=C(C(=O)OCCCOc2ccc(CCCO)cc2)C(c2cccc([N+](=O)[O-])c2)C1C(=O)OC. The van der Waals surface area contributed by atoms with Crippen LogP contribution in [0.25, 0.3) is 0 Å². The molecule has 0 fully saturated rings. The molecule has 0 aliphatic carbocycles. The molecule has 39 heavy (non-hydrogen) atoms. The van der Waals surface area contributed by atoms with E-state index >= 15 is 0 Å². The third-order valence-corrected chi connectivity index (χ3v) is 6.52. The van der Waals surface area contributed by atoms with Crippen LogP contribution >= 0.6 is 0 Å². The Morgan fingerprint density at radius 2 is 1.85 bits per heavy atom. The highest BCUT2D eigenvalue weighted by atomic mass is 16.6. The number of nitrogens with zero attached hydrogens (tertiary/aromatic N) is 2. The van der Waals surface area contributed by atoms with Crippen molar-refractivity contribution in [3.63, 3.8) is 0 Å². The molecule has 1 aliphatic heterocycles. The van der Waals surface area contributed by atoms with Crippen molar-refractivity contribution in [3.8, 4) is 5.75 Å². The standard InChI is InChI=1S/C29H34N2O8/c1-4-24-27(28(33)37-3)26(21-9-5-10-22(18-21)31(35)36)25(19(2)30-24)29(34)39-17-7-16-38-23-13-11-20(12-14-23)8-6-15-32/h5,9-14,18,26-27,32H,4,6-8,15-17H2,1-3H3. The van der Waals surface area contributed by atoms with Gasteiger partial charge in [0.1, 0.15) is 11.7 Å². The van der Waals surface area contributed by atoms with Gasteiger partial charge in [0.25, 0.3) is 5.69 Å². The van der Waals surface area contributed by atoms with Crippen molar-refractivity contribution in [1.82, 2.24) is 0 Å². The van der Waals surface area contributed by atoms with Gasteiger partial charge in [-0.2, -0.15) is 0 Å². The zero-order valence-corrected chi connectivity index (χ0v) is 22.4. The number of non-ortho nitro benzene ring substituents is 1. The zero-order valence-electron chi connectivity index (χ0n) is 22.4. The fraction of sp³-hybridized carbons (Fsp3) is 0.414. The maximum absolute atomic E-state index is 13.3. The molecule has 0 radical (unpaired) electrons. The number of hydrogen-bond donors (Lipinski definition) is 1. The van der Waals surface area contributed by atoms with Crippen molar-refractivity contribution in [2.45, 2.75) is 45.4 Å². The molecule has 1 heterocycles. The van der Waals surface area contributed by atoms with Crippen LogP contribution in [0, 0.1) is 16.0 Å². The van der Waals surface area contributed by atoms with Crippen LogP contribution in [0.1, 0.15) is 50.2 Å². The van der Waals surface area contributed by atoms with Gasteiger partial charge >= 0.3 is 11.9 Å². The highest BCUT2D eigenvalue weighted by Gasteiger charge is 2.43. The monoisotopic (exact) mass is 538 g/mol. The van der Waals surface area contributed by atoms with E-state index in [1.165, 1.54) is 25.3 Å². The van der Waals surface area contributed by atoms with Gasteiger partial charge < -0.3 is 19.3 Å². The second-order valence-corrected chi connectivity index (χ2v) is 9.10. The molecule has 3 rings (SSSR count). The van der Waals surface area contributed by atoms with Gasteiger partial charge in [0, 0.05) is 42.5 Å². The number of benzene rings is 2. The minimum atomic E-state index is -0.920. The maximum Gasteiger partial charge on any atom is 0.336 e. The summed E-state index contributed by atoms with van der Waals surface area (Å²) in [5.74, 6) is -2.31. The van der Waals surface area contributed by atoms with Crippen molar-refractivity contribution in [3.05, 3.63) is 81.0 Å². The maximum atomic E-state index is 13.3. The van der Waals surface area contributed by atoms with Gasteiger partial charge in [0.05, 0.1) is 30.8 Å². The van der Waals surface area contributed by atoms with E-state index in [-0.39, 0.29) is 24.5 Å². The highest BCUT2D eigenvalue weighted by Crippen LogP contribution is 2.41. The number of aliphatic hydroxyl groups is 1. The molecule has 208 valence electrons. The lowest BCUT2D eigenvalue weighted by molar-refractivity contribution is -0.384. The molecule has 2 unspecified atom stereocenters. The lowest BCUT2D eigenvalue weighted by Gasteiger charge is -2.32. The van der Waals surface area contributed by atoms with Gasteiger partial charge in [0.2, 0.25) is 0 Å². The number of rotatable bonds is 13. The molecule has 0 aromatic heterocycles. The number of carbonyl (C=O) groups is 2. The molecule has 2 aromatic carbocycles. The molecule has 1 aliphatic rings. The number of nitro groups is 1. The number of carbonyl (C=O) groups excluding carboxylic acids is 2. The third-order valence-electron chi connectivity index (χ3n) is 6.52. The van der Waals surface area contributed by atoms with Crippen LogP contribution in [0.15, 0.2) is 64.8 Å². The van der Waals surface area contributed by atoms with Crippen LogP contribution in [0.2, 0.25) is 0 Å². The molecule has 2 atom stereocenters. The Balaban J connectivity index is 1.74. The van der Waals surface area contributed by atoms with Crippen molar-refractivity contribution in [1.29, 1.82) is 0 Å². The summed E-state index contributed by atoms with van der Waals surface area (Å²) in [7, 11) is 1.26. The van der Waals surface area contributed by atoms with Crippen molar-refractivity contribution >= 4 is 23.3 Å². The second kappa shape index (κ2) is 14.2. The first kappa shape index (κ1) is 29.5. The summed E-state index contributed by atoms with van der Waals surface area (Å²) in [5.41, 5.74) is 2.48. The largest absolute Gasteiger partial charge is 0.493 e. The van der Waals surface area contributed by atoms with Crippen LogP contribution in [0.5, 0.6) is 5.75 Å². The molecular formula is C29H34N2O8. The number of methoxy groups -OCH3 is 1. The number of aliphatic imine (C=N–C) groups is 1. The van der Waals surface area contributed by atoms with Gasteiger partial charge in [-0.15, -0.1) is 0 Å². The molecule has 0 saturated carbocycles. The van der Waals surface area contributed by atoms with Crippen molar-refractivity contribution in [2.75, 3.05) is 26.9 Å². The Bertz CT molecular complexity index is 1240. The zero-order chi connectivity index (χ0) is 28.4. The minimum Gasteiger partial charge on any atom is -0.493 e. The predicted octanol–water partition coefficient (Wildman–Crippen LogP) is 4.54. The van der Waals surface area contributed by atoms with Gasteiger partial charge in [-0.1, -0.05) is 31.2 Å². The number of esters is 2. The van der Waals surface area contributed by atoms with E-state index < -0.39 is 28.7 Å². The first-order valence-corrected chi connectivity index (χ1v) is 12.9. The number of allylic oxidation sites excluding steroid dienone is 1. The van der Waals surface area contributed by atoms with Gasteiger partial charge in [-0.05, 0) is 49.4 Å². The first-order chi connectivity index (χ1) is 18.8. The van der Waals surface area contributed by atoms with Crippen molar-refractivity contribution in [2.24, 2.45) is 10.9 Å². The third kappa shape index (κ3) is 7.51. The lowest BCUT2D eigenvalue weighted by Crippen LogP contribution is -2.37. The smallest absolute Gasteiger partial charge is 0.336 e. The van der Waals surface area contributed by atoms with Gasteiger partial charge in [0.15, 0.2) is 0 Å². The Morgan fingerprint density at radius 1 is 1.10 bits per heavy atom. The predicted molar refractivity (Wildman–Crippen MR) is 145 cm³/mol. The summed E-state index contributed by atoms with van der Waals surface area (Å²) in [6, 6.07) is 13.5. The number of hydrogen-bond acceptors (Lipinski definition) is 9. The van der Waals surface area contributed by atoms with Crippen LogP contribution in [-0.2, 0) is 25.5 Å². The second-order valence-electron chi connectivity index (χ2n) is 9.10. The molecule has 2 aromatic rings. The molecule has 0 bridgehead atoms. The average Bonchev–Trinajstić information content (AvgIpc) is 2.95. The van der Waals surface area contributed by atoms with Gasteiger partial charge in [-0.25, -0.2) is 4.79 Å². The Hall–Kier alpha value is -4.05. The van der Waals surface area contributed by atoms with E-state index in [2.05, 4.69) is 4.99 Å². The Morgan fingerprint density at radius 3 is 2.49 bits per heavy atom. The fourth-order valence-corrected chi connectivity index (χ4v) is 4.62. The summed E-state index contributed by atoms with van der Waals surface area (Å²) in [5, 5.41) is 20.4. The summed E-state index contributed by atoms with van der Waals surface area (Å²) < 4.78 is 16.3. The van der Waals surface area contributed by atoms with Gasteiger partial charge in [-0.3, -0.25) is 19.9 Å². The van der Waals surface area contributed by atoms with Crippen molar-refractivity contribution < 1.29 is 33.8 Å². The molecule has 10 heteroatoms. The number of aryl methyl sites for hydroxylation is 1. The first-order valence-electron chi connectivity index (χ1n) is 12.9. The average molecular weight is 539 g/mol. The highest BCUT2D eigenvalue weighted by molar-refractivity contribution is 6.07. The molecule has 0 amide bonds. The van der Waals surface area contributed by atoms with E-state index in [1.54, 1.807) is 13.0 Å². The number of aliphatic hydroxyl groups excluding tert-OH is 1. The van der Waals surface area contributed by atoms with E-state index in [0.29, 0.717) is 48.6 Å². The van der Waals surface area contributed by atoms with Crippen LogP contribution in [0.4, 0.5) is 5.69 Å².